The van der Waals surface area contributed by atoms with E-state index in [9.17, 15) is 4.79 Å². The second-order valence-electron chi connectivity index (χ2n) is 8.16. The first kappa shape index (κ1) is 21.9. The van der Waals surface area contributed by atoms with Crippen molar-refractivity contribution in [3.8, 4) is 0 Å². The lowest BCUT2D eigenvalue weighted by atomic mass is 9.96. The van der Waals surface area contributed by atoms with Gasteiger partial charge >= 0.3 is 0 Å². The van der Waals surface area contributed by atoms with Crippen LogP contribution in [0.5, 0.6) is 0 Å². The molecule has 1 aliphatic heterocycles. The summed E-state index contributed by atoms with van der Waals surface area (Å²) in [7, 11) is 0. The lowest BCUT2D eigenvalue weighted by Crippen LogP contribution is -2.09. The summed E-state index contributed by atoms with van der Waals surface area (Å²) in [5.74, 6) is 0.273. The van der Waals surface area contributed by atoms with Crippen molar-refractivity contribution in [2.45, 2.75) is 105 Å². The van der Waals surface area contributed by atoms with Gasteiger partial charge in [0.25, 0.3) is 0 Å². The molecule has 0 aromatic rings. The molecule has 0 aromatic heterocycles. The van der Waals surface area contributed by atoms with Crippen LogP contribution in [-0.4, -0.2) is 17.5 Å². The summed E-state index contributed by atoms with van der Waals surface area (Å²) in [4.78, 5) is 10.9. The highest BCUT2D eigenvalue weighted by molar-refractivity contribution is 5.75. The predicted molar refractivity (Wildman–Crippen MR) is 108 cm³/mol. The van der Waals surface area contributed by atoms with Crippen LogP contribution >= 0.6 is 0 Å². The van der Waals surface area contributed by atoms with Crippen LogP contribution in [0, 0.1) is 0 Å². The van der Waals surface area contributed by atoms with Gasteiger partial charge < -0.3 is 9.53 Å². The largest absolute Gasteiger partial charge is 0.366 e. The monoisotopic (exact) mass is 346 g/mol. The number of rotatable bonds is 12. The molecule has 25 heavy (non-hydrogen) atoms. The van der Waals surface area contributed by atoms with Crippen LogP contribution in [0.25, 0.3) is 0 Å². The Balaban J connectivity index is 2.20. The molecule has 0 N–H and O–H groups in total. The zero-order chi connectivity index (χ0) is 18.9. The first-order valence-electron chi connectivity index (χ1n) is 9.85. The zero-order valence-electron chi connectivity index (χ0n) is 17.3. The Labute approximate surface area is 155 Å². The Morgan fingerprint density at radius 1 is 0.880 bits per heavy atom. The third-order valence-corrected chi connectivity index (χ3v) is 5.05. The molecule has 1 heterocycles. The van der Waals surface area contributed by atoms with Gasteiger partial charge in [-0.05, 0) is 86.5 Å². The molecule has 0 saturated carbocycles. The van der Waals surface area contributed by atoms with Gasteiger partial charge in [-0.1, -0.05) is 34.9 Å². The Morgan fingerprint density at radius 2 is 1.48 bits per heavy atom. The lowest BCUT2D eigenvalue weighted by Gasteiger charge is -2.05. The summed E-state index contributed by atoms with van der Waals surface area (Å²) in [6.07, 6.45) is 15.6. The van der Waals surface area contributed by atoms with Crippen molar-refractivity contribution in [3.63, 3.8) is 0 Å². The first-order chi connectivity index (χ1) is 11.7. The second-order valence-corrected chi connectivity index (χ2v) is 8.16. The van der Waals surface area contributed by atoms with Crippen LogP contribution in [0.3, 0.4) is 0 Å². The molecule has 1 rings (SSSR count). The van der Waals surface area contributed by atoms with Crippen molar-refractivity contribution in [1.82, 2.24) is 0 Å². The topological polar surface area (TPSA) is 29.6 Å². The zero-order valence-corrected chi connectivity index (χ0v) is 17.3. The molecule has 142 valence electrons. The Bertz CT molecular complexity index is 520. The normalized spacial score (nSPS) is 23.5. The highest BCUT2D eigenvalue weighted by atomic mass is 16.6. The number of carbonyl (C=O) groups is 1. The van der Waals surface area contributed by atoms with Crippen molar-refractivity contribution in [3.05, 3.63) is 34.9 Å². The average molecular weight is 347 g/mol. The van der Waals surface area contributed by atoms with Gasteiger partial charge in [0.05, 0.1) is 11.7 Å². The molecule has 2 nitrogen and oxygen atoms in total. The molecule has 0 bridgehead atoms. The predicted octanol–water partition coefficient (Wildman–Crippen LogP) is 6.71. The number of carbonyl (C=O) groups excluding carboxylic acids is 1. The molecular weight excluding hydrogens is 308 g/mol. The van der Waals surface area contributed by atoms with E-state index in [1.807, 2.05) is 0 Å². The number of Topliss-reactive ketones (excluding diaryl/α,β-unsaturated/α-hetero) is 1. The summed E-state index contributed by atoms with van der Waals surface area (Å²) >= 11 is 0. The lowest BCUT2D eigenvalue weighted by molar-refractivity contribution is -0.116. The molecule has 0 radical (unpaired) electrons. The van der Waals surface area contributed by atoms with Crippen LogP contribution in [0.4, 0.5) is 0 Å². The molecule has 2 heteroatoms. The Kier molecular flexibility index (Phi) is 9.42. The molecule has 0 spiro atoms. The number of hydrogen-bond acceptors (Lipinski definition) is 2. The molecule has 0 amide bonds. The Morgan fingerprint density at radius 3 is 2.08 bits per heavy atom. The van der Waals surface area contributed by atoms with E-state index in [-0.39, 0.29) is 11.4 Å². The van der Waals surface area contributed by atoms with E-state index in [1.54, 1.807) is 6.92 Å². The van der Waals surface area contributed by atoms with Gasteiger partial charge in [0, 0.05) is 6.42 Å². The Hall–Kier alpha value is -1.15. The van der Waals surface area contributed by atoms with Crippen molar-refractivity contribution < 1.29 is 9.53 Å². The number of allylic oxidation sites excluding steroid dienone is 6. The fourth-order valence-electron chi connectivity index (χ4n) is 3.15. The first-order valence-corrected chi connectivity index (χ1v) is 9.85. The second kappa shape index (κ2) is 10.8. The minimum atomic E-state index is 0.113. The van der Waals surface area contributed by atoms with E-state index < -0.39 is 0 Å². The maximum Gasteiger partial charge on any atom is 0.130 e. The number of hydrogen-bond donors (Lipinski definition) is 0. The fourth-order valence-corrected chi connectivity index (χ4v) is 3.15. The SMILES string of the molecule is CC(=O)CC/C=C(\C)CC/C=C(\C)CCC1OC1(C)CCC=C(C)C. The molecule has 1 fully saturated rings. The maximum absolute atomic E-state index is 10.9. The van der Waals surface area contributed by atoms with Gasteiger partial charge in [-0.3, -0.25) is 0 Å². The average Bonchev–Trinajstić information content (AvgIpc) is 3.14. The molecule has 1 aliphatic rings. The van der Waals surface area contributed by atoms with Gasteiger partial charge in [0.2, 0.25) is 0 Å². The molecule has 2 atom stereocenters. The molecule has 2 unspecified atom stereocenters. The minimum absolute atomic E-state index is 0.113. The fraction of sp³-hybridized carbons (Fsp3) is 0.696. The van der Waals surface area contributed by atoms with Crippen molar-refractivity contribution in [1.29, 1.82) is 0 Å². The van der Waals surface area contributed by atoms with E-state index in [0.717, 1.165) is 44.9 Å². The highest BCUT2D eigenvalue weighted by Gasteiger charge is 2.50. The quantitative estimate of drug-likeness (QED) is 0.290. The standard InChI is InChI=1S/C23H38O2/c1-18(2)10-9-17-23(6)22(25-23)16-15-20(4)12-7-11-19(3)13-8-14-21(5)24/h10,12-13,22H,7-9,11,14-17H2,1-6H3/b19-13+,20-12+. The summed E-state index contributed by atoms with van der Waals surface area (Å²) in [5.41, 5.74) is 4.37. The van der Waals surface area contributed by atoms with E-state index in [2.05, 4.69) is 52.8 Å². The van der Waals surface area contributed by atoms with E-state index in [4.69, 9.17) is 4.74 Å². The van der Waals surface area contributed by atoms with Crippen LogP contribution in [0.2, 0.25) is 0 Å². The van der Waals surface area contributed by atoms with Crippen LogP contribution < -0.4 is 0 Å². The maximum atomic E-state index is 10.9. The van der Waals surface area contributed by atoms with Crippen LogP contribution in [0.1, 0.15) is 92.9 Å². The van der Waals surface area contributed by atoms with E-state index in [1.165, 1.54) is 16.7 Å². The van der Waals surface area contributed by atoms with Gasteiger partial charge in [0.15, 0.2) is 0 Å². The number of ketones is 1. The third kappa shape index (κ3) is 9.79. The highest BCUT2D eigenvalue weighted by Crippen LogP contribution is 2.43. The van der Waals surface area contributed by atoms with E-state index >= 15 is 0 Å². The minimum Gasteiger partial charge on any atom is -0.366 e. The van der Waals surface area contributed by atoms with Crippen molar-refractivity contribution in [2.75, 3.05) is 0 Å². The number of epoxide rings is 1. The summed E-state index contributed by atoms with van der Waals surface area (Å²) in [6, 6.07) is 0. The van der Waals surface area contributed by atoms with Gasteiger partial charge in [-0.2, -0.15) is 0 Å². The molecule has 1 saturated heterocycles. The van der Waals surface area contributed by atoms with Crippen LogP contribution in [-0.2, 0) is 9.53 Å². The molecule has 0 aromatic carbocycles. The van der Waals surface area contributed by atoms with Gasteiger partial charge in [0.1, 0.15) is 5.78 Å². The molecule has 0 aliphatic carbocycles. The van der Waals surface area contributed by atoms with E-state index in [0.29, 0.717) is 12.5 Å². The number of ether oxygens (including phenoxy) is 1. The summed E-state index contributed by atoms with van der Waals surface area (Å²) < 4.78 is 5.95. The van der Waals surface area contributed by atoms with Gasteiger partial charge in [-0.15, -0.1) is 0 Å². The third-order valence-electron chi connectivity index (χ3n) is 5.05. The van der Waals surface area contributed by atoms with Crippen molar-refractivity contribution in [2.24, 2.45) is 0 Å². The van der Waals surface area contributed by atoms with Gasteiger partial charge in [-0.25, -0.2) is 0 Å². The van der Waals surface area contributed by atoms with Crippen molar-refractivity contribution >= 4 is 5.78 Å². The van der Waals surface area contributed by atoms with Crippen LogP contribution in [0.15, 0.2) is 34.9 Å². The summed E-state index contributed by atoms with van der Waals surface area (Å²) in [5, 5.41) is 0. The summed E-state index contributed by atoms with van der Waals surface area (Å²) in [6.45, 7) is 12.6. The molecular formula is C23H38O2. The smallest absolute Gasteiger partial charge is 0.130 e.